The number of aliphatic hydroxyl groups is 1. The fraction of sp³-hybridized carbons (Fsp3) is 0.800. The van der Waals surface area contributed by atoms with Crippen LogP contribution in [0.1, 0.15) is 32.6 Å². The molecule has 0 aromatic carbocycles. The molecule has 0 fully saturated rings. The summed E-state index contributed by atoms with van der Waals surface area (Å²) >= 11 is 0. The van der Waals surface area contributed by atoms with E-state index in [0.29, 0.717) is 13.0 Å². The second-order valence-corrected chi connectivity index (χ2v) is 4.42. The quantitative estimate of drug-likeness (QED) is 0.740. The van der Waals surface area contributed by atoms with Gasteiger partial charge in [0.15, 0.2) is 0 Å². The van der Waals surface area contributed by atoms with Gasteiger partial charge in [-0.25, -0.2) is 9.67 Å². The van der Waals surface area contributed by atoms with Crippen LogP contribution in [0.15, 0.2) is 6.33 Å². The lowest BCUT2D eigenvalue weighted by atomic mass is 10.0. The van der Waals surface area contributed by atoms with E-state index in [9.17, 15) is 5.11 Å². The van der Waals surface area contributed by atoms with Crippen molar-refractivity contribution in [1.82, 2.24) is 20.1 Å². The zero-order valence-electron chi connectivity index (χ0n) is 9.86. The molecule has 1 rings (SSSR count). The molecule has 0 aliphatic carbocycles. The standard InChI is InChI=1S/C10H20N4O/c1-8(2)14-9(12-7-13-14)5-10(3,15)6-11-4/h7-8,11,15H,5-6H2,1-4H3. The average molecular weight is 212 g/mol. The molecule has 86 valence electrons. The second kappa shape index (κ2) is 4.72. The number of hydrogen-bond donors (Lipinski definition) is 2. The van der Waals surface area contributed by atoms with Gasteiger partial charge in [0.2, 0.25) is 0 Å². The van der Waals surface area contributed by atoms with Gasteiger partial charge in [-0.05, 0) is 27.8 Å². The van der Waals surface area contributed by atoms with Crippen LogP contribution < -0.4 is 5.32 Å². The highest BCUT2D eigenvalue weighted by Crippen LogP contribution is 2.13. The maximum absolute atomic E-state index is 10.0. The fourth-order valence-electron chi connectivity index (χ4n) is 1.62. The number of nitrogens with zero attached hydrogens (tertiary/aromatic N) is 3. The zero-order chi connectivity index (χ0) is 11.5. The Kier molecular flexibility index (Phi) is 3.82. The summed E-state index contributed by atoms with van der Waals surface area (Å²) in [5.74, 6) is 0.824. The highest BCUT2D eigenvalue weighted by molar-refractivity contribution is 4.94. The largest absolute Gasteiger partial charge is 0.388 e. The van der Waals surface area contributed by atoms with Crippen molar-refractivity contribution in [3.63, 3.8) is 0 Å². The lowest BCUT2D eigenvalue weighted by molar-refractivity contribution is 0.0587. The van der Waals surface area contributed by atoms with Crippen molar-refractivity contribution in [2.45, 2.75) is 38.8 Å². The van der Waals surface area contributed by atoms with Crippen LogP contribution in [0.3, 0.4) is 0 Å². The Morgan fingerprint density at radius 1 is 1.60 bits per heavy atom. The molecule has 2 N–H and O–H groups in total. The summed E-state index contributed by atoms with van der Waals surface area (Å²) < 4.78 is 1.84. The van der Waals surface area contributed by atoms with Crippen LogP contribution in [0.2, 0.25) is 0 Å². The summed E-state index contributed by atoms with van der Waals surface area (Å²) in [5, 5.41) is 17.1. The first-order valence-electron chi connectivity index (χ1n) is 5.21. The maximum atomic E-state index is 10.0. The molecule has 1 aromatic heterocycles. The highest BCUT2D eigenvalue weighted by atomic mass is 16.3. The molecule has 0 radical (unpaired) electrons. The Hall–Kier alpha value is -0.940. The summed E-state index contributed by atoms with van der Waals surface area (Å²) in [6, 6.07) is 0.271. The van der Waals surface area contributed by atoms with Gasteiger partial charge >= 0.3 is 0 Å². The number of likely N-dealkylation sites (N-methyl/N-ethyl adjacent to an activating group) is 1. The van der Waals surface area contributed by atoms with Gasteiger partial charge < -0.3 is 10.4 Å². The summed E-state index contributed by atoms with van der Waals surface area (Å²) in [6.07, 6.45) is 2.04. The van der Waals surface area contributed by atoms with Crippen LogP contribution in [-0.4, -0.2) is 39.1 Å². The zero-order valence-corrected chi connectivity index (χ0v) is 9.86. The summed E-state index contributed by atoms with van der Waals surface area (Å²) in [6.45, 7) is 6.43. The molecule has 0 saturated heterocycles. The van der Waals surface area contributed by atoms with E-state index < -0.39 is 5.60 Å². The van der Waals surface area contributed by atoms with E-state index in [1.807, 2.05) is 25.6 Å². The Morgan fingerprint density at radius 2 is 2.27 bits per heavy atom. The van der Waals surface area contributed by atoms with Gasteiger partial charge in [-0.1, -0.05) is 0 Å². The molecule has 5 nitrogen and oxygen atoms in total. The van der Waals surface area contributed by atoms with Crippen molar-refractivity contribution >= 4 is 0 Å². The Labute approximate surface area is 90.5 Å². The van der Waals surface area contributed by atoms with Crippen molar-refractivity contribution in [3.05, 3.63) is 12.2 Å². The third-order valence-corrected chi connectivity index (χ3v) is 2.23. The minimum Gasteiger partial charge on any atom is -0.388 e. The molecule has 0 aliphatic rings. The summed E-state index contributed by atoms with van der Waals surface area (Å²) in [7, 11) is 1.82. The van der Waals surface area contributed by atoms with Crippen LogP contribution in [0.25, 0.3) is 0 Å². The molecule has 1 aromatic rings. The predicted molar refractivity (Wildman–Crippen MR) is 58.7 cm³/mol. The molecule has 1 heterocycles. The first kappa shape index (κ1) is 12.1. The summed E-state index contributed by atoms with van der Waals surface area (Å²) in [4.78, 5) is 4.17. The highest BCUT2D eigenvalue weighted by Gasteiger charge is 2.23. The first-order chi connectivity index (χ1) is 6.96. The van der Waals surface area contributed by atoms with E-state index in [1.54, 1.807) is 6.92 Å². The van der Waals surface area contributed by atoms with Crippen molar-refractivity contribution in [3.8, 4) is 0 Å². The summed E-state index contributed by atoms with van der Waals surface area (Å²) in [5.41, 5.74) is -0.783. The molecule has 1 unspecified atom stereocenters. The second-order valence-electron chi connectivity index (χ2n) is 4.42. The van der Waals surface area contributed by atoms with Crippen LogP contribution in [0.5, 0.6) is 0 Å². The lowest BCUT2D eigenvalue weighted by Crippen LogP contribution is -2.39. The Balaban J connectivity index is 2.75. The van der Waals surface area contributed by atoms with Crippen LogP contribution in [0, 0.1) is 0 Å². The van der Waals surface area contributed by atoms with Gasteiger partial charge in [0, 0.05) is 19.0 Å². The van der Waals surface area contributed by atoms with Crippen LogP contribution >= 0.6 is 0 Å². The molecule has 0 aliphatic heterocycles. The van der Waals surface area contributed by atoms with Gasteiger partial charge in [-0.2, -0.15) is 5.10 Å². The van der Waals surface area contributed by atoms with Gasteiger partial charge in [0.05, 0.1) is 5.60 Å². The van der Waals surface area contributed by atoms with Crippen molar-refractivity contribution in [2.24, 2.45) is 0 Å². The predicted octanol–water partition coefficient (Wildman–Crippen LogP) is 0.372. The Morgan fingerprint density at radius 3 is 2.80 bits per heavy atom. The average Bonchev–Trinajstić information content (AvgIpc) is 2.50. The van der Waals surface area contributed by atoms with Crippen molar-refractivity contribution < 1.29 is 5.11 Å². The number of rotatable bonds is 5. The van der Waals surface area contributed by atoms with E-state index >= 15 is 0 Å². The van der Waals surface area contributed by atoms with Crippen molar-refractivity contribution in [1.29, 1.82) is 0 Å². The van der Waals surface area contributed by atoms with E-state index in [0.717, 1.165) is 5.82 Å². The SMILES string of the molecule is CNCC(C)(O)Cc1ncnn1C(C)C. The molecule has 0 bridgehead atoms. The topological polar surface area (TPSA) is 63.0 Å². The van der Waals surface area contributed by atoms with Crippen LogP contribution in [0.4, 0.5) is 0 Å². The minimum atomic E-state index is -0.783. The molecular weight excluding hydrogens is 192 g/mol. The monoisotopic (exact) mass is 212 g/mol. The van der Waals surface area contributed by atoms with Gasteiger partial charge in [-0.3, -0.25) is 0 Å². The molecular formula is C10H20N4O. The molecule has 15 heavy (non-hydrogen) atoms. The number of hydrogen-bond acceptors (Lipinski definition) is 4. The smallest absolute Gasteiger partial charge is 0.138 e. The van der Waals surface area contributed by atoms with E-state index in [2.05, 4.69) is 15.4 Å². The Bertz CT molecular complexity index is 306. The van der Waals surface area contributed by atoms with E-state index in [-0.39, 0.29) is 6.04 Å². The maximum Gasteiger partial charge on any atom is 0.138 e. The molecule has 0 amide bonds. The lowest BCUT2D eigenvalue weighted by Gasteiger charge is -2.23. The normalized spacial score (nSPS) is 15.6. The molecule has 5 heteroatoms. The first-order valence-corrected chi connectivity index (χ1v) is 5.21. The molecule has 0 saturated carbocycles. The van der Waals surface area contributed by atoms with Crippen LogP contribution in [-0.2, 0) is 6.42 Å². The molecule has 0 spiro atoms. The van der Waals surface area contributed by atoms with Gasteiger partial charge in [0.25, 0.3) is 0 Å². The molecule has 1 atom stereocenters. The van der Waals surface area contributed by atoms with E-state index in [1.165, 1.54) is 6.33 Å². The van der Waals surface area contributed by atoms with Crippen molar-refractivity contribution in [2.75, 3.05) is 13.6 Å². The number of nitrogens with one attached hydrogen (secondary N) is 1. The third kappa shape index (κ3) is 3.28. The number of aromatic nitrogens is 3. The van der Waals surface area contributed by atoms with E-state index in [4.69, 9.17) is 0 Å². The van der Waals surface area contributed by atoms with Gasteiger partial charge in [0.1, 0.15) is 12.2 Å². The third-order valence-electron chi connectivity index (χ3n) is 2.23. The minimum absolute atomic E-state index is 0.271. The van der Waals surface area contributed by atoms with Gasteiger partial charge in [-0.15, -0.1) is 0 Å². The fourth-order valence-corrected chi connectivity index (χ4v) is 1.62.